The molecule has 5 nitrogen and oxygen atoms in total. The number of rotatable bonds is 2. The fourth-order valence-corrected chi connectivity index (χ4v) is 4.66. The fraction of sp³-hybridized carbons (Fsp3) is 0.857. The Morgan fingerprint density at radius 3 is 2.79 bits per heavy atom. The predicted molar refractivity (Wildman–Crippen MR) is 69.4 cm³/mol. The number of hydrogen-bond donors (Lipinski definition) is 2. The first-order valence-corrected chi connectivity index (χ1v) is 7.53. The van der Waals surface area contributed by atoms with Gasteiger partial charge in [-0.2, -0.15) is 0 Å². The van der Waals surface area contributed by atoms with Gasteiger partial charge in [0.1, 0.15) is 5.54 Å². The van der Waals surface area contributed by atoms with E-state index in [1.165, 1.54) is 30.6 Å². The molecule has 0 radical (unpaired) electrons. The van der Waals surface area contributed by atoms with Crippen molar-refractivity contribution in [3.05, 3.63) is 0 Å². The highest BCUT2D eigenvalue weighted by molar-refractivity contribution is 6.07. The third-order valence-electron chi connectivity index (χ3n) is 5.70. The number of nitrogens with zero attached hydrogens (tertiary/aromatic N) is 1. The minimum atomic E-state index is -0.630. The summed E-state index contributed by atoms with van der Waals surface area (Å²) in [6, 6.07) is -0.170. The number of carbonyl (C=O) groups excluding carboxylic acids is 2. The lowest BCUT2D eigenvalue weighted by atomic mass is 9.88. The van der Waals surface area contributed by atoms with Crippen molar-refractivity contribution in [3.8, 4) is 0 Å². The Kier molecular flexibility index (Phi) is 2.43. The Labute approximate surface area is 113 Å². The number of imide groups is 1. The highest BCUT2D eigenvalue weighted by Gasteiger charge is 2.53. The molecule has 5 heteroatoms. The molecule has 2 saturated heterocycles. The van der Waals surface area contributed by atoms with E-state index in [4.69, 9.17) is 0 Å². The van der Waals surface area contributed by atoms with Crippen LogP contribution in [0.2, 0.25) is 0 Å². The lowest BCUT2D eigenvalue weighted by Gasteiger charge is -2.26. The van der Waals surface area contributed by atoms with Crippen molar-refractivity contribution < 1.29 is 9.59 Å². The zero-order chi connectivity index (χ0) is 13.0. The Morgan fingerprint density at radius 1 is 1.26 bits per heavy atom. The second-order valence-corrected chi connectivity index (χ2v) is 6.79. The summed E-state index contributed by atoms with van der Waals surface area (Å²) in [5, 5.41) is 6.11. The fourth-order valence-electron chi connectivity index (χ4n) is 4.66. The topological polar surface area (TPSA) is 61.4 Å². The van der Waals surface area contributed by atoms with Gasteiger partial charge in [0.05, 0.1) is 0 Å². The van der Waals surface area contributed by atoms with Crippen molar-refractivity contribution in [3.63, 3.8) is 0 Å². The molecular weight excluding hydrogens is 242 g/mol. The molecule has 0 aromatic heterocycles. The molecule has 0 aromatic carbocycles. The lowest BCUT2D eigenvalue weighted by Crippen LogP contribution is -2.49. The van der Waals surface area contributed by atoms with Crippen LogP contribution in [0.1, 0.15) is 32.1 Å². The van der Waals surface area contributed by atoms with Gasteiger partial charge in [0, 0.05) is 13.1 Å². The summed E-state index contributed by atoms with van der Waals surface area (Å²) in [5.41, 5.74) is -0.630. The summed E-state index contributed by atoms with van der Waals surface area (Å²) in [6.45, 7) is 2.05. The highest BCUT2D eigenvalue weighted by atomic mass is 16.2. The van der Waals surface area contributed by atoms with E-state index in [1.807, 2.05) is 0 Å². The van der Waals surface area contributed by atoms with Crippen molar-refractivity contribution >= 4 is 11.9 Å². The van der Waals surface area contributed by atoms with Crippen molar-refractivity contribution in [2.45, 2.75) is 37.6 Å². The third-order valence-corrected chi connectivity index (χ3v) is 5.70. The minimum absolute atomic E-state index is 0.00488. The van der Waals surface area contributed by atoms with Crippen LogP contribution in [0.4, 0.5) is 4.79 Å². The summed E-state index contributed by atoms with van der Waals surface area (Å²) in [5.74, 6) is 2.17. The van der Waals surface area contributed by atoms with Gasteiger partial charge in [-0.3, -0.25) is 9.69 Å². The lowest BCUT2D eigenvalue weighted by molar-refractivity contribution is -0.131. The maximum atomic E-state index is 12.5. The van der Waals surface area contributed by atoms with Crippen LogP contribution in [-0.2, 0) is 4.79 Å². The number of fused-ring (bicyclic) bond motifs is 2. The Balaban J connectivity index is 1.49. The van der Waals surface area contributed by atoms with E-state index in [-0.39, 0.29) is 11.9 Å². The van der Waals surface area contributed by atoms with Crippen LogP contribution in [-0.4, -0.2) is 42.0 Å². The molecular formula is C14H21N3O2. The predicted octanol–water partition coefficient (Wildman–Crippen LogP) is 0.706. The normalized spacial score (nSPS) is 44.6. The molecule has 2 aliphatic heterocycles. The number of carbonyl (C=O) groups is 2. The first-order valence-electron chi connectivity index (χ1n) is 7.53. The van der Waals surface area contributed by atoms with Gasteiger partial charge in [0.25, 0.3) is 5.91 Å². The van der Waals surface area contributed by atoms with E-state index < -0.39 is 5.54 Å². The van der Waals surface area contributed by atoms with Crippen LogP contribution < -0.4 is 10.6 Å². The van der Waals surface area contributed by atoms with Gasteiger partial charge in [-0.25, -0.2) is 4.79 Å². The Morgan fingerprint density at radius 2 is 2.16 bits per heavy atom. The molecule has 0 aromatic rings. The molecule has 4 atom stereocenters. The molecule has 4 fully saturated rings. The highest BCUT2D eigenvalue weighted by Crippen LogP contribution is 2.48. The van der Waals surface area contributed by atoms with E-state index >= 15 is 0 Å². The zero-order valence-corrected chi connectivity index (χ0v) is 11.2. The van der Waals surface area contributed by atoms with Crippen LogP contribution in [0.25, 0.3) is 0 Å². The molecule has 3 amide bonds. The van der Waals surface area contributed by atoms with E-state index in [0.29, 0.717) is 19.0 Å². The van der Waals surface area contributed by atoms with Crippen molar-refractivity contribution in [2.24, 2.45) is 17.8 Å². The number of amides is 3. The number of urea groups is 1. The van der Waals surface area contributed by atoms with Crippen LogP contribution >= 0.6 is 0 Å². The van der Waals surface area contributed by atoms with Crippen LogP contribution in [0.5, 0.6) is 0 Å². The summed E-state index contributed by atoms with van der Waals surface area (Å²) < 4.78 is 0. The van der Waals surface area contributed by atoms with Crippen LogP contribution in [0.3, 0.4) is 0 Å². The monoisotopic (exact) mass is 263 g/mol. The second-order valence-electron chi connectivity index (χ2n) is 6.79. The molecule has 2 aliphatic carbocycles. The first kappa shape index (κ1) is 11.7. The molecule has 19 heavy (non-hydrogen) atoms. The molecule has 4 aliphatic rings. The molecule has 2 N–H and O–H groups in total. The standard InChI is InChI=1S/C14H21N3O2/c18-12-14(3-4-15-8-14)16-13(19)17(12)7-11-6-9-1-2-10(11)5-9/h9-11,15H,1-8H2,(H,16,19). The average molecular weight is 263 g/mol. The Bertz CT molecular complexity index is 430. The maximum Gasteiger partial charge on any atom is 0.325 e. The molecule has 2 heterocycles. The third kappa shape index (κ3) is 1.64. The van der Waals surface area contributed by atoms with Gasteiger partial charge in [-0.1, -0.05) is 6.42 Å². The summed E-state index contributed by atoms with van der Waals surface area (Å²) >= 11 is 0. The van der Waals surface area contributed by atoms with Gasteiger partial charge in [0.2, 0.25) is 0 Å². The van der Waals surface area contributed by atoms with Crippen LogP contribution in [0.15, 0.2) is 0 Å². The first-order chi connectivity index (χ1) is 9.18. The maximum absolute atomic E-state index is 12.5. The van der Waals surface area contributed by atoms with Gasteiger partial charge in [-0.15, -0.1) is 0 Å². The van der Waals surface area contributed by atoms with Crippen molar-refractivity contribution in [1.29, 1.82) is 0 Å². The van der Waals surface area contributed by atoms with Gasteiger partial charge in [-0.05, 0) is 50.0 Å². The average Bonchev–Trinajstić information content (AvgIpc) is 3.13. The van der Waals surface area contributed by atoms with E-state index in [1.54, 1.807) is 0 Å². The van der Waals surface area contributed by atoms with E-state index in [0.717, 1.165) is 24.8 Å². The minimum Gasteiger partial charge on any atom is -0.322 e. The smallest absolute Gasteiger partial charge is 0.322 e. The van der Waals surface area contributed by atoms with Crippen molar-refractivity contribution in [2.75, 3.05) is 19.6 Å². The summed E-state index contributed by atoms with van der Waals surface area (Å²) in [4.78, 5) is 26.1. The molecule has 104 valence electrons. The van der Waals surface area contributed by atoms with Gasteiger partial charge >= 0.3 is 6.03 Å². The van der Waals surface area contributed by atoms with Crippen LogP contribution in [0, 0.1) is 17.8 Å². The van der Waals surface area contributed by atoms with E-state index in [9.17, 15) is 9.59 Å². The SMILES string of the molecule is O=C1NC2(CCNC2)C(=O)N1CC1CC2CCC1C2. The molecule has 1 spiro atoms. The van der Waals surface area contributed by atoms with E-state index in [2.05, 4.69) is 10.6 Å². The molecule has 4 rings (SSSR count). The molecule has 4 unspecified atom stereocenters. The molecule has 2 bridgehead atoms. The van der Waals surface area contributed by atoms with Gasteiger partial charge in [0.15, 0.2) is 0 Å². The van der Waals surface area contributed by atoms with Crippen molar-refractivity contribution in [1.82, 2.24) is 15.5 Å². The summed E-state index contributed by atoms with van der Waals surface area (Å²) in [7, 11) is 0. The number of nitrogens with one attached hydrogen (secondary N) is 2. The second kappa shape index (κ2) is 3.95. The largest absolute Gasteiger partial charge is 0.325 e. The number of hydrogen-bond acceptors (Lipinski definition) is 3. The zero-order valence-electron chi connectivity index (χ0n) is 11.2. The van der Waals surface area contributed by atoms with Gasteiger partial charge < -0.3 is 10.6 Å². The quantitative estimate of drug-likeness (QED) is 0.721. The summed E-state index contributed by atoms with van der Waals surface area (Å²) in [6.07, 6.45) is 5.92. The molecule has 2 saturated carbocycles. The Hall–Kier alpha value is -1.10.